The third-order valence-corrected chi connectivity index (χ3v) is 4.20. The maximum Gasteiger partial charge on any atom is 0.254 e. The Hall–Kier alpha value is -3.47. The summed E-state index contributed by atoms with van der Waals surface area (Å²) in [7, 11) is 4.52. The molecule has 140 valence electrons. The van der Waals surface area contributed by atoms with E-state index in [1.807, 2.05) is 6.07 Å². The van der Waals surface area contributed by atoms with Gasteiger partial charge < -0.3 is 23.8 Å². The Kier molecular flexibility index (Phi) is 5.31. The number of aromatic nitrogens is 1. The second-order valence-corrected chi connectivity index (χ2v) is 5.86. The third kappa shape index (κ3) is 3.72. The van der Waals surface area contributed by atoms with Crippen molar-refractivity contribution in [2.45, 2.75) is 6.10 Å². The minimum atomic E-state index is -0.151. The first kappa shape index (κ1) is 18.3. The van der Waals surface area contributed by atoms with Crippen LogP contribution in [0.15, 0.2) is 30.5 Å². The molecule has 0 spiro atoms. The predicted molar refractivity (Wildman–Crippen MR) is 95.4 cm³/mol. The van der Waals surface area contributed by atoms with Crippen molar-refractivity contribution in [2.75, 3.05) is 34.4 Å². The van der Waals surface area contributed by atoms with Crippen LogP contribution < -0.4 is 18.9 Å². The molecule has 1 saturated heterocycles. The number of nitrogens with zero attached hydrogens (tertiary/aromatic N) is 3. The summed E-state index contributed by atoms with van der Waals surface area (Å²) in [5.74, 6) is 1.57. The average molecular weight is 369 g/mol. The number of benzene rings is 1. The fourth-order valence-corrected chi connectivity index (χ4v) is 2.75. The van der Waals surface area contributed by atoms with Gasteiger partial charge in [-0.25, -0.2) is 4.98 Å². The largest absolute Gasteiger partial charge is 0.493 e. The number of methoxy groups -OCH3 is 3. The van der Waals surface area contributed by atoms with Crippen LogP contribution in [0.2, 0.25) is 0 Å². The van der Waals surface area contributed by atoms with Crippen LogP contribution in [0, 0.1) is 11.3 Å². The number of ether oxygens (including phenoxy) is 4. The van der Waals surface area contributed by atoms with Gasteiger partial charge in [0.15, 0.2) is 11.5 Å². The summed E-state index contributed by atoms with van der Waals surface area (Å²) in [5, 5.41) is 8.78. The number of nitriles is 1. The Morgan fingerprint density at radius 3 is 2.30 bits per heavy atom. The number of rotatable bonds is 6. The molecule has 0 aliphatic carbocycles. The zero-order valence-electron chi connectivity index (χ0n) is 15.3. The molecule has 2 heterocycles. The van der Waals surface area contributed by atoms with Crippen LogP contribution in [0.4, 0.5) is 0 Å². The van der Waals surface area contributed by atoms with E-state index in [2.05, 4.69) is 4.98 Å². The molecule has 8 heteroatoms. The van der Waals surface area contributed by atoms with Gasteiger partial charge in [-0.1, -0.05) is 0 Å². The molecule has 1 aromatic carbocycles. The van der Waals surface area contributed by atoms with E-state index in [4.69, 9.17) is 24.2 Å². The lowest BCUT2D eigenvalue weighted by molar-refractivity contribution is 0.0159. The van der Waals surface area contributed by atoms with Gasteiger partial charge in [0, 0.05) is 17.8 Å². The highest BCUT2D eigenvalue weighted by atomic mass is 16.5. The van der Waals surface area contributed by atoms with Crippen LogP contribution in [0.3, 0.4) is 0 Å². The first-order valence-corrected chi connectivity index (χ1v) is 8.21. The number of hydrogen-bond acceptors (Lipinski definition) is 7. The summed E-state index contributed by atoms with van der Waals surface area (Å²) in [6.07, 6.45) is 1.31. The fourth-order valence-electron chi connectivity index (χ4n) is 2.75. The standard InChI is InChI=1S/C19H19N3O5/c1-24-15-6-13(7-16(25-2)18(15)26-3)19(23)22-10-14(11-22)27-17-5-4-12(8-20)9-21-17/h4-7,9,14H,10-11H2,1-3H3. The summed E-state index contributed by atoms with van der Waals surface area (Å²) in [6.45, 7) is 0.883. The third-order valence-electron chi connectivity index (χ3n) is 4.20. The van der Waals surface area contributed by atoms with Gasteiger partial charge >= 0.3 is 0 Å². The van der Waals surface area contributed by atoms with Crippen molar-refractivity contribution in [3.63, 3.8) is 0 Å². The molecule has 8 nitrogen and oxygen atoms in total. The van der Waals surface area contributed by atoms with Gasteiger partial charge in [-0.3, -0.25) is 4.79 Å². The van der Waals surface area contributed by atoms with Gasteiger partial charge in [-0.05, 0) is 18.2 Å². The molecule has 27 heavy (non-hydrogen) atoms. The van der Waals surface area contributed by atoms with Crippen LogP contribution in [0.5, 0.6) is 23.1 Å². The summed E-state index contributed by atoms with van der Waals surface area (Å²) in [4.78, 5) is 18.4. The van der Waals surface area contributed by atoms with Crippen LogP contribution in [-0.4, -0.2) is 56.3 Å². The van der Waals surface area contributed by atoms with Crippen molar-refractivity contribution >= 4 is 5.91 Å². The van der Waals surface area contributed by atoms with Crippen molar-refractivity contribution < 1.29 is 23.7 Å². The SMILES string of the molecule is COc1cc(C(=O)N2CC(Oc3ccc(C#N)cn3)C2)cc(OC)c1OC. The van der Waals surface area contributed by atoms with E-state index in [1.165, 1.54) is 27.5 Å². The van der Waals surface area contributed by atoms with E-state index < -0.39 is 0 Å². The first-order valence-electron chi connectivity index (χ1n) is 8.21. The predicted octanol–water partition coefficient (Wildman–Crippen LogP) is 1.88. The van der Waals surface area contributed by atoms with Crippen LogP contribution in [0.25, 0.3) is 0 Å². The number of carbonyl (C=O) groups is 1. The summed E-state index contributed by atoms with van der Waals surface area (Å²) >= 11 is 0. The van der Waals surface area contributed by atoms with Crippen LogP contribution >= 0.6 is 0 Å². The van der Waals surface area contributed by atoms with Gasteiger partial charge in [0.25, 0.3) is 5.91 Å². The lowest BCUT2D eigenvalue weighted by Gasteiger charge is -2.38. The zero-order chi connectivity index (χ0) is 19.4. The zero-order valence-corrected chi connectivity index (χ0v) is 15.3. The second kappa shape index (κ2) is 7.83. The molecule has 0 unspecified atom stereocenters. The fraction of sp³-hybridized carbons (Fsp3) is 0.316. The second-order valence-electron chi connectivity index (χ2n) is 5.86. The van der Waals surface area contributed by atoms with Gasteiger partial charge in [0.1, 0.15) is 12.2 Å². The van der Waals surface area contributed by atoms with Crippen LogP contribution in [0.1, 0.15) is 15.9 Å². The molecule has 0 bridgehead atoms. The van der Waals surface area contributed by atoms with Gasteiger partial charge in [-0.2, -0.15) is 5.26 Å². The molecule has 1 aliphatic heterocycles. The maximum absolute atomic E-state index is 12.7. The topological polar surface area (TPSA) is 93.9 Å². The number of likely N-dealkylation sites (tertiary alicyclic amines) is 1. The van der Waals surface area contributed by atoms with Gasteiger partial charge in [-0.15, -0.1) is 0 Å². The molecule has 0 saturated carbocycles. The van der Waals surface area contributed by atoms with Crippen molar-refractivity contribution in [2.24, 2.45) is 0 Å². The van der Waals surface area contributed by atoms with Gasteiger partial charge in [0.2, 0.25) is 11.6 Å². The Labute approximate surface area is 156 Å². The average Bonchev–Trinajstić information content (AvgIpc) is 2.69. The highest BCUT2D eigenvalue weighted by molar-refractivity contribution is 5.96. The molecule has 0 N–H and O–H groups in total. The first-order chi connectivity index (χ1) is 13.1. The number of amides is 1. The van der Waals surface area contributed by atoms with E-state index in [0.29, 0.717) is 47.3 Å². The van der Waals surface area contributed by atoms with E-state index >= 15 is 0 Å². The van der Waals surface area contributed by atoms with E-state index in [-0.39, 0.29) is 12.0 Å². The van der Waals surface area contributed by atoms with Crippen LogP contribution in [-0.2, 0) is 0 Å². The summed E-state index contributed by atoms with van der Waals surface area (Å²) in [5.41, 5.74) is 0.912. The number of pyridine rings is 1. The number of carbonyl (C=O) groups excluding carboxylic acids is 1. The highest BCUT2D eigenvalue weighted by Crippen LogP contribution is 2.38. The van der Waals surface area contributed by atoms with Crippen molar-refractivity contribution in [3.8, 4) is 29.2 Å². The molecule has 3 rings (SSSR count). The molecular weight excluding hydrogens is 350 g/mol. The Balaban J connectivity index is 1.65. The monoisotopic (exact) mass is 369 g/mol. The molecule has 2 aromatic rings. The molecule has 0 radical (unpaired) electrons. The molecule has 1 amide bonds. The van der Waals surface area contributed by atoms with Crippen molar-refractivity contribution in [1.82, 2.24) is 9.88 Å². The molecule has 1 aliphatic rings. The van der Waals surface area contributed by atoms with E-state index in [0.717, 1.165) is 0 Å². The molecule has 1 fully saturated rings. The molecular formula is C19H19N3O5. The summed E-state index contributed by atoms with van der Waals surface area (Å²) in [6, 6.07) is 8.53. The Bertz CT molecular complexity index is 845. The van der Waals surface area contributed by atoms with E-state index in [1.54, 1.807) is 29.2 Å². The summed E-state index contributed by atoms with van der Waals surface area (Å²) < 4.78 is 21.6. The van der Waals surface area contributed by atoms with Gasteiger partial charge in [0.05, 0.1) is 40.0 Å². The normalized spacial score (nSPS) is 13.3. The van der Waals surface area contributed by atoms with Crippen molar-refractivity contribution in [3.05, 3.63) is 41.6 Å². The highest BCUT2D eigenvalue weighted by Gasteiger charge is 2.34. The molecule has 1 aromatic heterocycles. The lowest BCUT2D eigenvalue weighted by Crippen LogP contribution is -2.56. The Morgan fingerprint density at radius 1 is 1.15 bits per heavy atom. The lowest BCUT2D eigenvalue weighted by atomic mass is 10.1. The Morgan fingerprint density at radius 2 is 1.81 bits per heavy atom. The smallest absolute Gasteiger partial charge is 0.254 e. The molecule has 0 atom stereocenters. The van der Waals surface area contributed by atoms with Crippen molar-refractivity contribution in [1.29, 1.82) is 5.26 Å². The van der Waals surface area contributed by atoms with E-state index in [9.17, 15) is 4.79 Å². The maximum atomic E-state index is 12.7. The minimum absolute atomic E-state index is 0.142. The quantitative estimate of drug-likeness (QED) is 0.767. The minimum Gasteiger partial charge on any atom is -0.493 e. The number of hydrogen-bond donors (Lipinski definition) is 0.